The molecule has 2 fully saturated rings. The van der Waals surface area contributed by atoms with Gasteiger partial charge in [-0.1, -0.05) is 37.6 Å². The number of rotatable bonds is 4. The molecular weight excluding hydrogens is 436 g/mol. The summed E-state index contributed by atoms with van der Waals surface area (Å²) < 4.78 is 5.50. The number of anilines is 2. The minimum absolute atomic E-state index is 0.484. The second-order valence-corrected chi connectivity index (χ2v) is 8.63. The minimum Gasteiger partial charge on any atom is -0.378 e. The molecule has 0 spiro atoms. The lowest BCUT2D eigenvalue weighted by atomic mass is 9.92. The smallest absolute Gasteiger partial charge is 0.227 e. The molecule has 3 aromatic rings. The van der Waals surface area contributed by atoms with Crippen LogP contribution in [0, 0.1) is 6.92 Å². The predicted molar refractivity (Wildman–Crippen MR) is 134 cm³/mol. The molecule has 0 bridgehead atoms. The number of morpholine rings is 1. The van der Waals surface area contributed by atoms with E-state index in [-0.39, 0.29) is 0 Å². The summed E-state index contributed by atoms with van der Waals surface area (Å²) in [5.74, 6) is 2.24. The monoisotopic (exact) mass is 468 g/mol. The summed E-state index contributed by atoms with van der Waals surface area (Å²) in [6.07, 6.45) is 5.85. The molecule has 0 unspecified atom stereocenters. The first-order chi connectivity index (χ1) is 16.2. The summed E-state index contributed by atoms with van der Waals surface area (Å²) in [5, 5.41) is 0.716. The standard InChI is InChI=1S/C23H27ClN6O.C2H6/c1-16-21(27-15-26-16)17-5-7-29(8-6-17)22-20(18-3-2-4-19(24)13-18)14-25-23(28-22)30-9-11-31-12-10-30;1-2/h2-4,13-15,17H,5-12H2,1H3,(H,26,27);1-2H3. The van der Waals surface area contributed by atoms with E-state index in [1.54, 1.807) is 6.33 Å². The van der Waals surface area contributed by atoms with Crippen LogP contribution in [-0.4, -0.2) is 59.3 Å². The van der Waals surface area contributed by atoms with E-state index in [0.29, 0.717) is 24.2 Å². The van der Waals surface area contributed by atoms with Gasteiger partial charge in [0.2, 0.25) is 5.95 Å². The Kier molecular flexibility index (Phi) is 7.83. The molecule has 0 radical (unpaired) electrons. The molecule has 176 valence electrons. The molecule has 2 aliphatic rings. The van der Waals surface area contributed by atoms with Gasteiger partial charge in [-0.2, -0.15) is 4.98 Å². The van der Waals surface area contributed by atoms with Crippen molar-refractivity contribution in [3.63, 3.8) is 0 Å². The third-order valence-corrected chi connectivity index (χ3v) is 6.47. The molecule has 8 heteroatoms. The molecule has 4 heterocycles. The maximum atomic E-state index is 6.29. The summed E-state index contributed by atoms with van der Waals surface area (Å²) in [5.41, 5.74) is 4.44. The fraction of sp³-hybridized carbons (Fsp3) is 0.480. The van der Waals surface area contributed by atoms with Crippen molar-refractivity contribution in [3.05, 3.63) is 53.2 Å². The number of ether oxygens (including phenoxy) is 1. The Morgan fingerprint density at radius 2 is 1.79 bits per heavy atom. The van der Waals surface area contributed by atoms with Crippen LogP contribution in [0.5, 0.6) is 0 Å². The van der Waals surface area contributed by atoms with Crippen LogP contribution in [0.3, 0.4) is 0 Å². The SMILES string of the molecule is CC.Cc1[nH]cnc1C1CCN(c2nc(N3CCOCC3)ncc2-c2cccc(Cl)c2)CC1. The third-order valence-electron chi connectivity index (χ3n) is 6.24. The number of piperidine rings is 1. The van der Waals surface area contributed by atoms with Crippen molar-refractivity contribution in [2.24, 2.45) is 0 Å². The Hall–Kier alpha value is -2.64. The van der Waals surface area contributed by atoms with Crippen molar-refractivity contribution in [2.75, 3.05) is 49.2 Å². The van der Waals surface area contributed by atoms with Crippen LogP contribution < -0.4 is 9.80 Å². The molecule has 7 nitrogen and oxygen atoms in total. The molecule has 0 atom stereocenters. The van der Waals surface area contributed by atoms with Crippen LogP contribution in [0.1, 0.15) is 44.0 Å². The Morgan fingerprint density at radius 1 is 1.03 bits per heavy atom. The number of nitrogens with zero attached hydrogens (tertiary/aromatic N) is 5. The van der Waals surface area contributed by atoms with Crippen LogP contribution in [0.25, 0.3) is 11.1 Å². The molecule has 1 N–H and O–H groups in total. The van der Waals surface area contributed by atoms with Gasteiger partial charge in [-0.25, -0.2) is 9.97 Å². The van der Waals surface area contributed by atoms with E-state index >= 15 is 0 Å². The number of benzene rings is 1. The first kappa shape index (κ1) is 23.5. The first-order valence-electron chi connectivity index (χ1n) is 11.9. The summed E-state index contributed by atoms with van der Waals surface area (Å²) >= 11 is 6.29. The van der Waals surface area contributed by atoms with Gasteiger partial charge in [0.25, 0.3) is 0 Å². The van der Waals surface area contributed by atoms with E-state index < -0.39 is 0 Å². The van der Waals surface area contributed by atoms with Gasteiger partial charge in [0, 0.05) is 54.6 Å². The summed E-state index contributed by atoms with van der Waals surface area (Å²) in [6.45, 7) is 11.0. The van der Waals surface area contributed by atoms with Gasteiger partial charge in [-0.05, 0) is 37.5 Å². The van der Waals surface area contributed by atoms with Crippen molar-refractivity contribution in [2.45, 2.75) is 39.5 Å². The Morgan fingerprint density at radius 3 is 2.45 bits per heavy atom. The molecule has 2 saturated heterocycles. The number of hydrogen-bond acceptors (Lipinski definition) is 6. The molecule has 2 aliphatic heterocycles. The number of aryl methyl sites for hydroxylation is 1. The lowest BCUT2D eigenvalue weighted by molar-refractivity contribution is 0.122. The van der Waals surface area contributed by atoms with E-state index in [9.17, 15) is 0 Å². The second kappa shape index (κ2) is 11.0. The molecule has 5 rings (SSSR count). The van der Waals surface area contributed by atoms with Crippen LogP contribution >= 0.6 is 11.6 Å². The van der Waals surface area contributed by atoms with Crippen LogP contribution in [0.15, 0.2) is 36.8 Å². The van der Waals surface area contributed by atoms with E-state index in [0.717, 1.165) is 61.9 Å². The highest BCUT2D eigenvalue weighted by Gasteiger charge is 2.27. The lowest BCUT2D eigenvalue weighted by Crippen LogP contribution is -2.38. The zero-order valence-electron chi connectivity index (χ0n) is 19.7. The average Bonchev–Trinajstić information content (AvgIpc) is 3.31. The molecule has 2 aromatic heterocycles. The highest BCUT2D eigenvalue weighted by atomic mass is 35.5. The van der Waals surface area contributed by atoms with Gasteiger partial charge in [-0.3, -0.25) is 0 Å². The lowest BCUT2D eigenvalue weighted by Gasteiger charge is -2.34. The van der Waals surface area contributed by atoms with Crippen molar-refractivity contribution < 1.29 is 4.74 Å². The number of aromatic nitrogens is 4. The van der Waals surface area contributed by atoms with E-state index in [4.69, 9.17) is 26.3 Å². The Bertz CT molecular complexity index is 1040. The van der Waals surface area contributed by atoms with Crippen molar-refractivity contribution >= 4 is 23.4 Å². The van der Waals surface area contributed by atoms with Gasteiger partial charge in [0.15, 0.2) is 0 Å². The number of H-pyrrole nitrogens is 1. The largest absolute Gasteiger partial charge is 0.378 e. The average molecular weight is 469 g/mol. The fourth-order valence-electron chi connectivity index (χ4n) is 4.53. The van der Waals surface area contributed by atoms with Crippen LogP contribution in [-0.2, 0) is 4.74 Å². The second-order valence-electron chi connectivity index (χ2n) is 8.19. The number of halogens is 1. The minimum atomic E-state index is 0.484. The Balaban J connectivity index is 0.00000126. The number of hydrogen-bond donors (Lipinski definition) is 1. The molecule has 1 aromatic carbocycles. The van der Waals surface area contributed by atoms with Gasteiger partial charge in [-0.15, -0.1) is 0 Å². The molecule has 33 heavy (non-hydrogen) atoms. The molecule has 0 aliphatic carbocycles. The third kappa shape index (κ3) is 5.31. The number of nitrogens with one attached hydrogen (secondary N) is 1. The fourth-order valence-corrected chi connectivity index (χ4v) is 4.72. The maximum absolute atomic E-state index is 6.29. The predicted octanol–water partition coefficient (Wildman–Crippen LogP) is 5.08. The molecule has 0 saturated carbocycles. The van der Waals surface area contributed by atoms with Crippen molar-refractivity contribution in [3.8, 4) is 11.1 Å². The highest BCUT2D eigenvalue weighted by molar-refractivity contribution is 6.30. The highest BCUT2D eigenvalue weighted by Crippen LogP contribution is 2.36. The summed E-state index contributed by atoms with van der Waals surface area (Å²) in [7, 11) is 0. The van der Waals surface area contributed by atoms with Gasteiger partial charge >= 0.3 is 0 Å². The summed E-state index contributed by atoms with van der Waals surface area (Å²) in [6, 6.07) is 7.93. The van der Waals surface area contributed by atoms with Gasteiger partial charge < -0.3 is 19.5 Å². The maximum Gasteiger partial charge on any atom is 0.227 e. The molecular formula is C25H33ClN6O. The van der Waals surface area contributed by atoms with Crippen molar-refractivity contribution in [1.29, 1.82) is 0 Å². The number of imidazole rings is 1. The van der Waals surface area contributed by atoms with E-state index in [2.05, 4.69) is 32.8 Å². The van der Waals surface area contributed by atoms with Crippen LogP contribution in [0.2, 0.25) is 5.02 Å². The van der Waals surface area contributed by atoms with Crippen molar-refractivity contribution in [1.82, 2.24) is 19.9 Å². The zero-order valence-corrected chi connectivity index (χ0v) is 20.5. The molecule has 0 amide bonds. The topological polar surface area (TPSA) is 70.2 Å². The normalized spacial score (nSPS) is 17.0. The Labute approximate surface area is 201 Å². The van der Waals surface area contributed by atoms with E-state index in [1.165, 1.54) is 11.4 Å². The van der Waals surface area contributed by atoms with E-state index in [1.807, 2.05) is 38.2 Å². The first-order valence-corrected chi connectivity index (χ1v) is 12.3. The van der Waals surface area contributed by atoms with Gasteiger partial charge in [0.05, 0.1) is 25.2 Å². The number of aromatic amines is 1. The summed E-state index contributed by atoms with van der Waals surface area (Å²) in [4.78, 5) is 22.1. The zero-order chi connectivity index (χ0) is 23.2. The van der Waals surface area contributed by atoms with Gasteiger partial charge in [0.1, 0.15) is 5.82 Å². The quantitative estimate of drug-likeness (QED) is 0.576. The van der Waals surface area contributed by atoms with Crippen LogP contribution in [0.4, 0.5) is 11.8 Å².